The molecule has 2 N–H and O–H groups in total. The fourth-order valence-electron chi connectivity index (χ4n) is 3.80. The molecule has 0 bridgehead atoms. The minimum atomic E-state index is -1.35. The van der Waals surface area contributed by atoms with Gasteiger partial charge in [-0.1, -0.05) is 19.1 Å². The zero-order valence-electron chi connectivity index (χ0n) is 17.1. The van der Waals surface area contributed by atoms with Crippen LogP contribution >= 0.6 is 0 Å². The second-order valence-electron chi connectivity index (χ2n) is 7.39. The van der Waals surface area contributed by atoms with Gasteiger partial charge in [0, 0.05) is 11.8 Å². The van der Waals surface area contributed by atoms with E-state index in [0.29, 0.717) is 36.0 Å². The van der Waals surface area contributed by atoms with Gasteiger partial charge < -0.3 is 20.1 Å². The van der Waals surface area contributed by atoms with Crippen LogP contribution < -0.4 is 20.1 Å². The molecule has 2 atom stereocenters. The van der Waals surface area contributed by atoms with Gasteiger partial charge in [-0.3, -0.25) is 9.59 Å². The van der Waals surface area contributed by atoms with E-state index in [4.69, 9.17) is 9.47 Å². The molecule has 2 aromatic rings. The van der Waals surface area contributed by atoms with Gasteiger partial charge in [-0.2, -0.15) is 0 Å². The highest BCUT2D eigenvalue weighted by Gasteiger charge is 2.53. The van der Waals surface area contributed by atoms with E-state index in [1.165, 1.54) is 31.2 Å². The number of imide groups is 1. The molecule has 4 rings (SSSR count). The van der Waals surface area contributed by atoms with Crippen LogP contribution in [0.2, 0.25) is 0 Å². The Kier molecular flexibility index (Phi) is 5.26. The zero-order valence-corrected chi connectivity index (χ0v) is 17.1. The lowest BCUT2D eigenvalue weighted by Gasteiger charge is -2.27. The predicted molar refractivity (Wildman–Crippen MR) is 109 cm³/mol. The summed E-state index contributed by atoms with van der Waals surface area (Å²) in [5.41, 5.74) is -0.443. The summed E-state index contributed by atoms with van der Waals surface area (Å²) in [5, 5.41) is 5.40. The average Bonchev–Trinajstić information content (AvgIpc) is 3.04. The third kappa shape index (κ3) is 3.56. The summed E-state index contributed by atoms with van der Waals surface area (Å²) >= 11 is 0. The largest absolute Gasteiger partial charge is 0.486 e. The summed E-state index contributed by atoms with van der Waals surface area (Å²) in [5.74, 6) is -0.454. The van der Waals surface area contributed by atoms with Gasteiger partial charge in [0.2, 0.25) is 5.91 Å². The molecule has 2 aliphatic heterocycles. The molecular formula is C22H22FN3O5. The van der Waals surface area contributed by atoms with E-state index in [2.05, 4.69) is 10.6 Å². The van der Waals surface area contributed by atoms with Crippen molar-refractivity contribution >= 4 is 23.5 Å². The topological polar surface area (TPSA) is 97.0 Å². The zero-order chi connectivity index (χ0) is 22.2. The summed E-state index contributed by atoms with van der Waals surface area (Å²) in [6.07, 6.45) is 0.246. The Balaban J connectivity index is 1.54. The predicted octanol–water partition coefficient (Wildman–Crippen LogP) is 2.78. The third-order valence-corrected chi connectivity index (χ3v) is 5.57. The van der Waals surface area contributed by atoms with Crippen molar-refractivity contribution in [1.82, 2.24) is 10.2 Å². The lowest BCUT2D eigenvalue weighted by molar-refractivity contribution is -0.136. The van der Waals surface area contributed by atoms with Crippen LogP contribution in [0.1, 0.15) is 25.8 Å². The summed E-state index contributed by atoms with van der Waals surface area (Å²) in [7, 11) is 0. The molecule has 2 aromatic carbocycles. The maximum atomic E-state index is 13.3. The lowest BCUT2D eigenvalue weighted by Crippen LogP contribution is -2.47. The molecule has 1 saturated heterocycles. The van der Waals surface area contributed by atoms with Crippen LogP contribution in [0, 0.1) is 5.82 Å². The molecule has 0 aliphatic carbocycles. The van der Waals surface area contributed by atoms with Gasteiger partial charge in [0.1, 0.15) is 30.6 Å². The van der Waals surface area contributed by atoms with Crippen molar-refractivity contribution in [3.8, 4) is 11.5 Å². The summed E-state index contributed by atoms with van der Waals surface area (Å²) in [6, 6.07) is 8.58. The van der Waals surface area contributed by atoms with Crippen molar-refractivity contribution in [2.45, 2.75) is 31.8 Å². The second kappa shape index (κ2) is 7.90. The molecule has 0 unspecified atom stereocenters. The minimum Gasteiger partial charge on any atom is -0.486 e. The lowest BCUT2D eigenvalue weighted by atomic mass is 9.87. The Morgan fingerprint density at radius 2 is 1.84 bits per heavy atom. The number of ether oxygens (including phenoxy) is 2. The number of fused-ring (bicyclic) bond motifs is 1. The number of carbonyl (C=O) groups is 3. The quantitative estimate of drug-likeness (QED) is 0.716. The van der Waals surface area contributed by atoms with Crippen LogP contribution in [0.25, 0.3) is 0 Å². The third-order valence-electron chi connectivity index (χ3n) is 5.57. The number of amides is 4. The van der Waals surface area contributed by atoms with E-state index in [1.807, 2.05) is 0 Å². The smallest absolute Gasteiger partial charge is 0.326 e. The first kappa shape index (κ1) is 20.6. The molecule has 2 heterocycles. The Bertz CT molecular complexity index is 1040. The molecule has 8 nitrogen and oxygen atoms in total. The molecule has 0 saturated carbocycles. The maximum Gasteiger partial charge on any atom is 0.326 e. The minimum absolute atomic E-state index is 0.246. The van der Waals surface area contributed by atoms with Crippen LogP contribution in [-0.4, -0.2) is 42.0 Å². The van der Waals surface area contributed by atoms with Gasteiger partial charge in [-0.25, -0.2) is 14.1 Å². The first-order valence-corrected chi connectivity index (χ1v) is 9.98. The molecule has 0 aromatic heterocycles. The number of nitrogens with zero attached hydrogens (tertiary/aromatic N) is 1. The van der Waals surface area contributed by atoms with Gasteiger partial charge in [0.25, 0.3) is 5.91 Å². The Morgan fingerprint density at radius 1 is 1.16 bits per heavy atom. The van der Waals surface area contributed by atoms with Crippen molar-refractivity contribution in [1.29, 1.82) is 0 Å². The van der Waals surface area contributed by atoms with Gasteiger partial charge in [-0.05, 0) is 43.2 Å². The standard InChI is InChI=1S/C22H22FN3O5/c1-3-22(14-4-6-15(23)7-5-14)20(28)26(21(29)25-22)13(2)19(27)24-16-8-9-17-18(12-16)31-11-10-30-17/h4-9,12-13H,3,10-11H2,1-2H3,(H,24,27)(H,25,29)/t13-,22-/m1/s1. The fourth-order valence-corrected chi connectivity index (χ4v) is 3.80. The highest BCUT2D eigenvalue weighted by Crippen LogP contribution is 2.35. The molecule has 2 aliphatic rings. The van der Waals surface area contributed by atoms with Crippen LogP contribution in [0.5, 0.6) is 11.5 Å². The molecule has 9 heteroatoms. The SMILES string of the molecule is CC[C@]1(c2ccc(F)cc2)NC(=O)N([C@H](C)C(=O)Nc2ccc3c(c2)OCCO3)C1=O. The molecule has 0 spiro atoms. The second-order valence-corrected chi connectivity index (χ2v) is 7.39. The first-order chi connectivity index (χ1) is 14.9. The number of anilines is 1. The summed E-state index contributed by atoms with van der Waals surface area (Å²) in [4.78, 5) is 39.7. The van der Waals surface area contributed by atoms with E-state index in [1.54, 1.807) is 25.1 Å². The number of urea groups is 1. The average molecular weight is 427 g/mol. The van der Waals surface area contributed by atoms with Crippen molar-refractivity contribution in [3.63, 3.8) is 0 Å². The van der Waals surface area contributed by atoms with Crippen LogP contribution in [-0.2, 0) is 15.1 Å². The molecule has 4 amide bonds. The van der Waals surface area contributed by atoms with Crippen LogP contribution in [0.4, 0.5) is 14.9 Å². The Morgan fingerprint density at radius 3 is 2.52 bits per heavy atom. The number of halogens is 1. The van der Waals surface area contributed by atoms with Crippen molar-refractivity contribution in [2.75, 3.05) is 18.5 Å². The van der Waals surface area contributed by atoms with Gasteiger partial charge in [-0.15, -0.1) is 0 Å². The normalized spacial score (nSPS) is 20.9. The molecule has 0 radical (unpaired) electrons. The molecular weight excluding hydrogens is 405 g/mol. The van der Waals surface area contributed by atoms with E-state index in [-0.39, 0.29) is 6.42 Å². The number of hydrogen-bond acceptors (Lipinski definition) is 5. The molecule has 31 heavy (non-hydrogen) atoms. The summed E-state index contributed by atoms with van der Waals surface area (Å²) < 4.78 is 24.3. The number of carbonyl (C=O) groups excluding carboxylic acids is 3. The number of nitrogens with one attached hydrogen (secondary N) is 2. The van der Waals surface area contributed by atoms with Crippen LogP contribution in [0.15, 0.2) is 42.5 Å². The van der Waals surface area contributed by atoms with Crippen molar-refractivity contribution < 1.29 is 28.2 Å². The highest BCUT2D eigenvalue weighted by atomic mass is 19.1. The Labute approximate surface area is 178 Å². The first-order valence-electron chi connectivity index (χ1n) is 9.98. The van der Waals surface area contributed by atoms with E-state index < -0.39 is 35.2 Å². The number of rotatable bonds is 5. The monoisotopic (exact) mass is 427 g/mol. The van der Waals surface area contributed by atoms with Gasteiger partial charge >= 0.3 is 6.03 Å². The molecule has 162 valence electrons. The number of benzene rings is 2. The highest BCUT2D eigenvalue weighted by molar-refractivity contribution is 6.11. The van der Waals surface area contributed by atoms with Crippen LogP contribution in [0.3, 0.4) is 0 Å². The van der Waals surface area contributed by atoms with Gasteiger partial charge in [0.15, 0.2) is 11.5 Å². The van der Waals surface area contributed by atoms with Crippen molar-refractivity contribution in [2.24, 2.45) is 0 Å². The van der Waals surface area contributed by atoms with E-state index in [9.17, 15) is 18.8 Å². The van der Waals surface area contributed by atoms with Crippen molar-refractivity contribution in [3.05, 3.63) is 53.8 Å². The Hall–Kier alpha value is -3.62. The van der Waals surface area contributed by atoms with E-state index >= 15 is 0 Å². The van der Waals surface area contributed by atoms with Gasteiger partial charge in [0.05, 0.1) is 0 Å². The van der Waals surface area contributed by atoms with E-state index in [0.717, 1.165) is 4.90 Å². The fraction of sp³-hybridized carbons (Fsp3) is 0.318. The summed E-state index contributed by atoms with van der Waals surface area (Å²) in [6.45, 7) is 4.08. The molecule has 1 fully saturated rings. The maximum absolute atomic E-state index is 13.3. The number of hydrogen-bond donors (Lipinski definition) is 2.